The van der Waals surface area contributed by atoms with E-state index < -0.39 is 0 Å². The lowest BCUT2D eigenvalue weighted by molar-refractivity contribution is 0.672. The number of aryl methyl sites for hydroxylation is 1. The first-order valence-corrected chi connectivity index (χ1v) is 10.2. The van der Waals surface area contributed by atoms with Crippen molar-refractivity contribution < 1.29 is 0 Å². The van der Waals surface area contributed by atoms with Crippen LogP contribution < -0.4 is 5.56 Å². The van der Waals surface area contributed by atoms with Crippen LogP contribution in [0.2, 0.25) is 0 Å². The van der Waals surface area contributed by atoms with Gasteiger partial charge in [0.05, 0.1) is 11.5 Å². The molecule has 0 saturated carbocycles. The molecular weight excluding hydrogens is 362 g/mol. The Hall–Kier alpha value is -2.36. The number of fused-ring (bicyclic) bond motifs is 1. The van der Waals surface area contributed by atoms with Crippen molar-refractivity contribution in [1.29, 1.82) is 5.26 Å². The summed E-state index contributed by atoms with van der Waals surface area (Å²) < 4.78 is 1.68. The lowest BCUT2D eigenvalue weighted by atomic mass is 10.1. The van der Waals surface area contributed by atoms with E-state index >= 15 is 0 Å². The van der Waals surface area contributed by atoms with Gasteiger partial charge in [0.2, 0.25) is 0 Å². The van der Waals surface area contributed by atoms with E-state index in [1.807, 2.05) is 36.6 Å². The zero-order valence-electron chi connectivity index (χ0n) is 14.6. The maximum Gasteiger partial charge on any atom is 0.263 e. The number of nitriles is 1. The van der Waals surface area contributed by atoms with E-state index in [9.17, 15) is 4.79 Å². The Labute approximate surface area is 160 Å². The van der Waals surface area contributed by atoms with Gasteiger partial charge in [-0.1, -0.05) is 47.7 Å². The number of hydrogen-bond donors (Lipinski definition) is 0. The molecule has 0 aliphatic heterocycles. The summed E-state index contributed by atoms with van der Waals surface area (Å²) in [5.41, 5.74) is 3.11. The van der Waals surface area contributed by atoms with Crippen LogP contribution in [0.25, 0.3) is 21.3 Å². The molecule has 0 unspecified atom stereocenters. The van der Waals surface area contributed by atoms with Gasteiger partial charge in [0, 0.05) is 29.7 Å². The monoisotopic (exact) mass is 381 g/mol. The fourth-order valence-electron chi connectivity index (χ4n) is 2.67. The summed E-state index contributed by atoms with van der Waals surface area (Å²) in [4.78, 5) is 18.7. The van der Waals surface area contributed by atoms with Gasteiger partial charge in [0.25, 0.3) is 5.56 Å². The summed E-state index contributed by atoms with van der Waals surface area (Å²) in [6.45, 7) is 6.24. The molecule has 0 fully saturated rings. The number of thioether (sulfide) groups is 1. The van der Waals surface area contributed by atoms with Crippen molar-refractivity contribution in [3.63, 3.8) is 0 Å². The van der Waals surface area contributed by atoms with Gasteiger partial charge in [-0.3, -0.25) is 9.36 Å². The maximum absolute atomic E-state index is 13.2. The van der Waals surface area contributed by atoms with E-state index in [4.69, 9.17) is 10.2 Å². The minimum absolute atomic E-state index is 0.0329. The van der Waals surface area contributed by atoms with Gasteiger partial charge in [0.15, 0.2) is 5.16 Å². The van der Waals surface area contributed by atoms with Gasteiger partial charge >= 0.3 is 0 Å². The zero-order chi connectivity index (χ0) is 18.5. The molecule has 0 aliphatic rings. The quantitative estimate of drug-likeness (QED) is 0.250. The molecular formula is C20H19N3OS2. The first-order chi connectivity index (χ1) is 12.7. The Morgan fingerprint density at radius 1 is 1.38 bits per heavy atom. The number of allylic oxidation sites excluding steroid dienone is 1. The molecule has 0 saturated heterocycles. The maximum atomic E-state index is 13.2. The minimum Gasteiger partial charge on any atom is -0.283 e. The second-order valence-electron chi connectivity index (χ2n) is 5.90. The van der Waals surface area contributed by atoms with Gasteiger partial charge in [-0.15, -0.1) is 17.9 Å². The normalized spacial score (nSPS) is 10.8. The average Bonchev–Trinajstić information content (AvgIpc) is 3.06. The highest BCUT2D eigenvalue weighted by molar-refractivity contribution is 7.99. The Balaban J connectivity index is 2.08. The van der Waals surface area contributed by atoms with E-state index in [1.54, 1.807) is 10.6 Å². The molecule has 132 valence electrons. The largest absolute Gasteiger partial charge is 0.283 e. The molecule has 6 heteroatoms. The predicted octanol–water partition coefficient (Wildman–Crippen LogP) is 5.02. The number of aromatic nitrogens is 2. The molecule has 0 N–H and O–H groups in total. The van der Waals surface area contributed by atoms with Crippen molar-refractivity contribution in [2.45, 2.75) is 31.5 Å². The summed E-state index contributed by atoms with van der Waals surface area (Å²) >= 11 is 3.02. The smallest absolute Gasteiger partial charge is 0.263 e. The average molecular weight is 382 g/mol. The van der Waals surface area contributed by atoms with Crippen molar-refractivity contribution in [1.82, 2.24) is 9.55 Å². The van der Waals surface area contributed by atoms with Crippen LogP contribution in [0, 0.1) is 18.3 Å². The van der Waals surface area contributed by atoms with E-state index in [0.717, 1.165) is 28.1 Å². The van der Waals surface area contributed by atoms with E-state index in [1.165, 1.54) is 28.7 Å². The fourth-order valence-corrected chi connectivity index (χ4v) is 4.60. The lowest BCUT2D eigenvalue weighted by Crippen LogP contribution is -2.22. The number of hydrogen-bond acceptors (Lipinski definition) is 5. The summed E-state index contributed by atoms with van der Waals surface area (Å²) in [5, 5.41) is 12.0. The van der Waals surface area contributed by atoms with Crippen LogP contribution in [0.3, 0.4) is 0 Å². The second-order valence-corrected chi connectivity index (χ2v) is 7.82. The molecule has 3 aromatic rings. The summed E-state index contributed by atoms with van der Waals surface area (Å²) in [7, 11) is 0. The highest BCUT2D eigenvalue weighted by Gasteiger charge is 2.16. The van der Waals surface area contributed by atoms with Crippen LogP contribution in [0.15, 0.2) is 52.3 Å². The van der Waals surface area contributed by atoms with Crippen LogP contribution in [0.4, 0.5) is 0 Å². The molecule has 2 aromatic heterocycles. The number of benzene rings is 1. The number of unbranched alkanes of at least 4 members (excludes halogenated alkanes) is 1. The SMILES string of the molecule is C=CCn1c(SCCCC#N)nc2scc(-c3ccc(C)cc3)c2c1=O. The lowest BCUT2D eigenvalue weighted by Gasteiger charge is -2.10. The fraction of sp³-hybridized carbons (Fsp3) is 0.250. The molecule has 26 heavy (non-hydrogen) atoms. The summed E-state index contributed by atoms with van der Waals surface area (Å²) in [5.74, 6) is 0.763. The van der Waals surface area contributed by atoms with E-state index in [-0.39, 0.29) is 5.56 Å². The first-order valence-electron chi connectivity index (χ1n) is 8.35. The second kappa shape index (κ2) is 8.35. The topological polar surface area (TPSA) is 58.7 Å². The molecule has 0 radical (unpaired) electrons. The Morgan fingerprint density at radius 3 is 2.85 bits per heavy atom. The van der Waals surface area contributed by atoms with Gasteiger partial charge < -0.3 is 0 Å². The first kappa shape index (κ1) is 18.4. The third kappa shape index (κ3) is 3.74. The molecule has 2 heterocycles. The highest BCUT2D eigenvalue weighted by Crippen LogP contribution is 2.32. The number of rotatable bonds is 7. The van der Waals surface area contributed by atoms with Crippen LogP contribution in [-0.2, 0) is 6.54 Å². The zero-order valence-corrected chi connectivity index (χ0v) is 16.2. The van der Waals surface area contributed by atoms with E-state index in [0.29, 0.717) is 23.5 Å². The van der Waals surface area contributed by atoms with Crippen LogP contribution in [0.1, 0.15) is 18.4 Å². The van der Waals surface area contributed by atoms with Gasteiger partial charge in [-0.2, -0.15) is 5.26 Å². The van der Waals surface area contributed by atoms with Gasteiger partial charge in [-0.05, 0) is 18.9 Å². The molecule has 0 bridgehead atoms. The third-order valence-electron chi connectivity index (χ3n) is 4.00. The Kier molecular flexibility index (Phi) is 5.92. The summed E-state index contributed by atoms with van der Waals surface area (Å²) in [6.07, 6.45) is 3.01. The number of thiophene rings is 1. The standard InChI is InChI=1S/C20H19N3OS2/c1-3-11-23-19(24)17-16(15-8-6-14(2)7-9-15)13-26-18(17)22-20(23)25-12-5-4-10-21/h3,6-9,13H,1,4-5,11-12H2,2H3. The third-order valence-corrected chi connectivity index (χ3v) is 5.93. The number of nitrogens with zero attached hydrogens (tertiary/aromatic N) is 3. The van der Waals surface area contributed by atoms with Crippen molar-refractivity contribution in [2.75, 3.05) is 5.75 Å². The van der Waals surface area contributed by atoms with Crippen LogP contribution in [0.5, 0.6) is 0 Å². The molecule has 3 rings (SSSR count). The Morgan fingerprint density at radius 2 is 2.15 bits per heavy atom. The molecule has 0 spiro atoms. The van der Waals surface area contributed by atoms with E-state index in [2.05, 4.69) is 12.6 Å². The predicted molar refractivity (Wildman–Crippen MR) is 110 cm³/mol. The van der Waals surface area contributed by atoms with Gasteiger partial charge in [0.1, 0.15) is 4.83 Å². The van der Waals surface area contributed by atoms with Crippen molar-refractivity contribution in [3.05, 3.63) is 58.2 Å². The molecule has 0 atom stereocenters. The molecule has 0 aliphatic carbocycles. The highest BCUT2D eigenvalue weighted by atomic mass is 32.2. The molecule has 1 aromatic carbocycles. The summed E-state index contributed by atoms with van der Waals surface area (Å²) in [6, 6.07) is 10.3. The van der Waals surface area contributed by atoms with Crippen molar-refractivity contribution >= 4 is 33.3 Å². The van der Waals surface area contributed by atoms with Crippen LogP contribution in [-0.4, -0.2) is 15.3 Å². The molecule has 0 amide bonds. The Bertz CT molecular complexity index is 1030. The van der Waals surface area contributed by atoms with Crippen LogP contribution >= 0.6 is 23.1 Å². The van der Waals surface area contributed by atoms with Gasteiger partial charge in [-0.25, -0.2) is 4.98 Å². The molecule has 4 nitrogen and oxygen atoms in total. The minimum atomic E-state index is -0.0329. The van der Waals surface area contributed by atoms with Crippen molar-refractivity contribution in [3.8, 4) is 17.2 Å². The van der Waals surface area contributed by atoms with Crippen molar-refractivity contribution in [2.24, 2.45) is 0 Å².